The Bertz CT molecular complexity index is 230. The third kappa shape index (κ3) is 10.5. The first-order valence-corrected chi connectivity index (χ1v) is 8.19. The minimum Gasteiger partial charge on any atom is -0.316 e. The van der Waals surface area contributed by atoms with Crippen molar-refractivity contribution in [1.29, 1.82) is 0 Å². The molecule has 6 heteroatoms. The SMILES string of the molecule is CCNS(=O)(=O)CCNCCCSCC. The summed E-state index contributed by atoms with van der Waals surface area (Å²) in [4.78, 5) is 0. The highest BCUT2D eigenvalue weighted by Crippen LogP contribution is 1.99. The van der Waals surface area contributed by atoms with Crippen molar-refractivity contribution in [2.24, 2.45) is 0 Å². The average molecular weight is 254 g/mol. The summed E-state index contributed by atoms with van der Waals surface area (Å²) in [5.74, 6) is 2.46. The number of sulfonamides is 1. The van der Waals surface area contributed by atoms with E-state index < -0.39 is 10.0 Å². The smallest absolute Gasteiger partial charge is 0.212 e. The molecule has 0 rings (SSSR count). The zero-order valence-corrected chi connectivity index (χ0v) is 11.2. The second-order valence-corrected chi connectivity index (χ2v) is 6.44. The molecule has 0 fully saturated rings. The molecule has 0 radical (unpaired) electrons. The second kappa shape index (κ2) is 9.45. The summed E-state index contributed by atoms with van der Waals surface area (Å²) >= 11 is 1.91. The standard InChI is InChI=1S/C9H22N2O2S2/c1-3-11-15(12,13)9-7-10-6-5-8-14-4-2/h10-11H,3-9H2,1-2H3. The number of hydrogen-bond acceptors (Lipinski definition) is 4. The summed E-state index contributed by atoms with van der Waals surface area (Å²) in [6.45, 7) is 5.82. The molecular formula is C9H22N2O2S2. The lowest BCUT2D eigenvalue weighted by atomic mass is 10.5. The van der Waals surface area contributed by atoms with Crippen molar-refractivity contribution < 1.29 is 8.42 Å². The maximum atomic E-state index is 11.2. The van der Waals surface area contributed by atoms with E-state index in [1.807, 2.05) is 11.8 Å². The Morgan fingerprint density at radius 3 is 2.53 bits per heavy atom. The molecule has 0 aromatic rings. The van der Waals surface area contributed by atoms with Crippen LogP contribution in [-0.2, 0) is 10.0 Å². The van der Waals surface area contributed by atoms with E-state index in [0.717, 1.165) is 24.5 Å². The van der Waals surface area contributed by atoms with Crippen LogP contribution in [0.25, 0.3) is 0 Å². The highest BCUT2D eigenvalue weighted by atomic mass is 32.2. The molecule has 0 unspecified atom stereocenters. The van der Waals surface area contributed by atoms with E-state index in [9.17, 15) is 8.42 Å². The molecule has 2 N–H and O–H groups in total. The number of rotatable bonds is 10. The first-order valence-electron chi connectivity index (χ1n) is 5.38. The molecule has 0 saturated carbocycles. The van der Waals surface area contributed by atoms with Crippen LogP contribution in [0.15, 0.2) is 0 Å². The van der Waals surface area contributed by atoms with Gasteiger partial charge in [0.25, 0.3) is 0 Å². The predicted octanol–water partition coefficient (Wildman–Crippen LogP) is 0.658. The zero-order valence-electron chi connectivity index (χ0n) is 9.58. The first-order chi connectivity index (χ1) is 7.12. The van der Waals surface area contributed by atoms with Crippen molar-refractivity contribution in [2.45, 2.75) is 20.3 Å². The monoisotopic (exact) mass is 254 g/mol. The Labute approximate surface area is 97.6 Å². The summed E-state index contributed by atoms with van der Waals surface area (Å²) in [6, 6.07) is 0. The molecule has 15 heavy (non-hydrogen) atoms. The average Bonchev–Trinajstić information content (AvgIpc) is 2.16. The van der Waals surface area contributed by atoms with Gasteiger partial charge in [-0.15, -0.1) is 0 Å². The minimum atomic E-state index is -3.05. The lowest BCUT2D eigenvalue weighted by Crippen LogP contribution is -2.32. The Morgan fingerprint density at radius 2 is 1.93 bits per heavy atom. The number of hydrogen-bond donors (Lipinski definition) is 2. The summed E-state index contributed by atoms with van der Waals surface area (Å²) < 4.78 is 24.9. The van der Waals surface area contributed by atoms with Crippen LogP contribution in [-0.4, -0.2) is 45.3 Å². The molecule has 0 heterocycles. The van der Waals surface area contributed by atoms with E-state index >= 15 is 0 Å². The van der Waals surface area contributed by atoms with Gasteiger partial charge in [-0.05, 0) is 24.5 Å². The summed E-state index contributed by atoms with van der Waals surface area (Å²) in [5.41, 5.74) is 0. The molecule has 0 aromatic heterocycles. The van der Waals surface area contributed by atoms with Crippen LogP contribution in [0.5, 0.6) is 0 Å². The topological polar surface area (TPSA) is 58.2 Å². The van der Waals surface area contributed by atoms with E-state index in [0.29, 0.717) is 13.1 Å². The first kappa shape index (κ1) is 15.2. The molecule has 0 aliphatic rings. The Kier molecular flexibility index (Phi) is 9.58. The predicted molar refractivity (Wildman–Crippen MR) is 67.9 cm³/mol. The third-order valence-electron chi connectivity index (χ3n) is 1.76. The van der Waals surface area contributed by atoms with Crippen molar-refractivity contribution in [1.82, 2.24) is 10.0 Å². The Morgan fingerprint density at radius 1 is 1.20 bits per heavy atom. The van der Waals surface area contributed by atoms with Gasteiger partial charge < -0.3 is 5.32 Å². The van der Waals surface area contributed by atoms with Crippen molar-refractivity contribution in [3.8, 4) is 0 Å². The minimum absolute atomic E-state index is 0.168. The van der Waals surface area contributed by atoms with Gasteiger partial charge in [0.2, 0.25) is 10.0 Å². The van der Waals surface area contributed by atoms with Crippen LogP contribution in [0.1, 0.15) is 20.3 Å². The molecule has 0 saturated heterocycles. The van der Waals surface area contributed by atoms with Crippen LogP contribution in [0.4, 0.5) is 0 Å². The van der Waals surface area contributed by atoms with Crippen LogP contribution in [0.3, 0.4) is 0 Å². The number of thioether (sulfide) groups is 1. The van der Waals surface area contributed by atoms with Gasteiger partial charge in [-0.25, -0.2) is 13.1 Å². The molecule has 92 valence electrons. The van der Waals surface area contributed by atoms with E-state index in [2.05, 4.69) is 17.0 Å². The summed E-state index contributed by atoms with van der Waals surface area (Å²) in [6.07, 6.45) is 1.10. The molecule has 0 amide bonds. The van der Waals surface area contributed by atoms with Crippen LogP contribution < -0.4 is 10.0 Å². The second-order valence-electron chi connectivity index (χ2n) is 3.12. The number of nitrogens with one attached hydrogen (secondary N) is 2. The van der Waals surface area contributed by atoms with Gasteiger partial charge in [0.15, 0.2) is 0 Å². The molecule has 0 aromatic carbocycles. The maximum Gasteiger partial charge on any atom is 0.212 e. The fraction of sp³-hybridized carbons (Fsp3) is 1.00. The maximum absolute atomic E-state index is 11.2. The third-order valence-corrected chi connectivity index (χ3v) is 4.21. The van der Waals surface area contributed by atoms with Crippen LogP contribution in [0, 0.1) is 0 Å². The van der Waals surface area contributed by atoms with E-state index in [1.54, 1.807) is 6.92 Å². The van der Waals surface area contributed by atoms with Crippen molar-refractivity contribution in [3.63, 3.8) is 0 Å². The fourth-order valence-electron chi connectivity index (χ4n) is 1.07. The largest absolute Gasteiger partial charge is 0.316 e. The van der Waals surface area contributed by atoms with Crippen molar-refractivity contribution in [3.05, 3.63) is 0 Å². The highest BCUT2D eigenvalue weighted by Gasteiger charge is 2.06. The molecule has 0 bridgehead atoms. The van der Waals surface area contributed by atoms with E-state index in [4.69, 9.17) is 0 Å². The van der Waals surface area contributed by atoms with Gasteiger partial charge in [0.05, 0.1) is 5.75 Å². The van der Waals surface area contributed by atoms with Gasteiger partial charge >= 0.3 is 0 Å². The normalized spacial score (nSPS) is 11.9. The molecule has 0 atom stereocenters. The molecule has 0 aliphatic carbocycles. The summed E-state index contributed by atoms with van der Waals surface area (Å²) in [7, 11) is -3.05. The van der Waals surface area contributed by atoms with Crippen molar-refractivity contribution >= 4 is 21.8 Å². The van der Waals surface area contributed by atoms with Crippen molar-refractivity contribution in [2.75, 3.05) is 36.9 Å². The molecular weight excluding hydrogens is 232 g/mol. The lowest BCUT2D eigenvalue weighted by Gasteiger charge is -2.05. The van der Waals surface area contributed by atoms with Gasteiger partial charge in [-0.2, -0.15) is 11.8 Å². The molecule has 0 aliphatic heterocycles. The van der Waals surface area contributed by atoms with Gasteiger partial charge in [-0.3, -0.25) is 0 Å². The Hall–Kier alpha value is 0.220. The highest BCUT2D eigenvalue weighted by molar-refractivity contribution is 7.99. The van der Waals surface area contributed by atoms with E-state index in [-0.39, 0.29) is 5.75 Å². The van der Waals surface area contributed by atoms with Gasteiger partial charge in [0, 0.05) is 13.1 Å². The quantitative estimate of drug-likeness (QED) is 0.562. The van der Waals surface area contributed by atoms with Gasteiger partial charge in [-0.1, -0.05) is 13.8 Å². The Balaban J connectivity index is 3.31. The zero-order chi connectivity index (χ0) is 11.6. The van der Waals surface area contributed by atoms with E-state index in [1.165, 1.54) is 0 Å². The lowest BCUT2D eigenvalue weighted by molar-refractivity contribution is 0.578. The molecule has 4 nitrogen and oxygen atoms in total. The van der Waals surface area contributed by atoms with Crippen LogP contribution >= 0.6 is 11.8 Å². The molecule has 0 spiro atoms. The van der Waals surface area contributed by atoms with Crippen LogP contribution in [0.2, 0.25) is 0 Å². The van der Waals surface area contributed by atoms with Gasteiger partial charge in [0.1, 0.15) is 0 Å². The fourth-order valence-corrected chi connectivity index (χ4v) is 2.70. The summed E-state index contributed by atoms with van der Waals surface area (Å²) in [5, 5.41) is 3.13.